The predicted molar refractivity (Wildman–Crippen MR) is 441 cm³/mol. The normalized spacial score (nSPS) is 13.8. The number of nitrogens with one attached hydrogen (secondary N) is 4. The molecule has 0 saturated carbocycles. The van der Waals surface area contributed by atoms with E-state index in [1.165, 1.54) is 167 Å². The molecule has 22 nitrogen and oxygen atoms in total. The van der Waals surface area contributed by atoms with E-state index in [-0.39, 0.29) is 88.3 Å². The second-order valence-electron chi connectivity index (χ2n) is 30.7. The molecule has 2 unspecified atom stereocenters. The second-order valence-corrected chi connectivity index (χ2v) is 33.6. The van der Waals surface area contributed by atoms with Gasteiger partial charge in [0.25, 0.3) is 0 Å². The SMILES string of the molecule is CCCCCCCCCCCCCC(=O)N[C@H](COCC[C@@H](CCCCCCC)OC(=O)CCCCCCCCCCC)COP(=O)(O)OCCNC(=O)CC(=O)NCCOP(=O)(O)OC[C@@H](COCC[C@@H](CCCCCCC)OC(=O)CCCCCCCCCCC)NC(=O)CCCCCCCCCCCCC. The monoisotopic (exact) mass is 1590 g/mol. The molecule has 109 heavy (non-hydrogen) atoms. The molecule has 4 amide bonds. The van der Waals surface area contributed by atoms with Crippen LogP contribution in [0, 0.1) is 0 Å². The van der Waals surface area contributed by atoms with Crippen molar-refractivity contribution in [1.29, 1.82) is 0 Å². The third-order valence-electron chi connectivity index (χ3n) is 19.9. The number of rotatable bonds is 86. The van der Waals surface area contributed by atoms with E-state index < -0.39 is 72.4 Å². The van der Waals surface area contributed by atoms with E-state index in [0.717, 1.165) is 141 Å². The van der Waals surface area contributed by atoms with Crippen LogP contribution < -0.4 is 21.3 Å². The van der Waals surface area contributed by atoms with Crippen LogP contribution in [-0.4, -0.2) is 136 Å². The minimum absolute atomic E-state index is 0.0448. The maximum absolute atomic E-state index is 13.3. The first-order chi connectivity index (χ1) is 52.9. The minimum Gasteiger partial charge on any atom is -0.462 e. The number of amides is 4. The lowest BCUT2D eigenvalue weighted by Crippen LogP contribution is -2.41. The standard InChI is InChI=1S/C85H166N4O18P2/c1-7-13-19-25-29-33-35-39-41-47-53-59-80(90)88-76(72-100-67-63-78(57-51-45-23-17-11-5)106-84(94)61-55-49-43-37-31-27-21-15-9-3)74-104-108(96,97)102-69-65-86-82(92)71-83(93)87-66-70-103-109(98,99)105-75-77(89-81(91)60-54-48-42-40-36-34-30-26-20-14-8-2)73-101-68-64-79(58-52-46-24-18-12-6)107-85(95)62-56-50-44-38-32-28-22-16-10-4/h76-79H,7-75H2,1-6H3,(H,86,92)(H,87,93)(H,88,90)(H,89,91)(H,96,97)(H,98,99)/t76-,77-,78-,79-/m1/s1. The van der Waals surface area contributed by atoms with Gasteiger partial charge in [-0.25, -0.2) is 9.13 Å². The summed E-state index contributed by atoms with van der Waals surface area (Å²) in [6, 6.07) is -1.64. The van der Waals surface area contributed by atoms with E-state index in [9.17, 15) is 47.7 Å². The van der Waals surface area contributed by atoms with Gasteiger partial charge < -0.3 is 50.0 Å². The first kappa shape index (κ1) is 106. The highest BCUT2D eigenvalue weighted by molar-refractivity contribution is 7.47. The molecule has 0 aromatic rings. The van der Waals surface area contributed by atoms with Crippen LogP contribution in [-0.2, 0) is 74.9 Å². The van der Waals surface area contributed by atoms with Crippen LogP contribution >= 0.6 is 15.6 Å². The molecule has 0 rings (SSSR count). The minimum atomic E-state index is -4.73. The first-order valence-corrected chi connectivity index (χ1v) is 47.8. The molecule has 24 heteroatoms. The third kappa shape index (κ3) is 76.0. The average molecular weight is 1590 g/mol. The predicted octanol–water partition coefficient (Wildman–Crippen LogP) is 21.4. The van der Waals surface area contributed by atoms with Gasteiger partial charge in [-0.15, -0.1) is 0 Å². The zero-order valence-corrected chi connectivity index (χ0v) is 72.2. The van der Waals surface area contributed by atoms with Crippen molar-refractivity contribution in [3.8, 4) is 0 Å². The summed E-state index contributed by atoms with van der Waals surface area (Å²) < 4.78 is 71.5. The fourth-order valence-electron chi connectivity index (χ4n) is 13.2. The number of esters is 2. The Bertz CT molecular complexity index is 2080. The van der Waals surface area contributed by atoms with Crippen molar-refractivity contribution in [3.63, 3.8) is 0 Å². The van der Waals surface area contributed by atoms with Crippen molar-refractivity contribution < 1.29 is 84.7 Å². The smallest absolute Gasteiger partial charge is 0.462 e. The van der Waals surface area contributed by atoms with E-state index in [1.54, 1.807) is 0 Å². The summed E-state index contributed by atoms with van der Waals surface area (Å²) in [5, 5.41) is 10.7. The number of unbranched alkanes of at least 4 members (excludes halogenated alkanes) is 44. The zero-order valence-electron chi connectivity index (χ0n) is 70.4. The first-order valence-electron chi connectivity index (χ1n) is 44.8. The van der Waals surface area contributed by atoms with Gasteiger partial charge in [0.2, 0.25) is 23.6 Å². The van der Waals surface area contributed by atoms with Crippen LogP contribution in [0.25, 0.3) is 0 Å². The summed E-state index contributed by atoms with van der Waals surface area (Å²) in [6.07, 6.45) is 58.9. The fourth-order valence-corrected chi connectivity index (χ4v) is 14.7. The van der Waals surface area contributed by atoms with E-state index >= 15 is 0 Å². The summed E-state index contributed by atoms with van der Waals surface area (Å²) in [4.78, 5) is 99.5. The van der Waals surface area contributed by atoms with Gasteiger partial charge in [0.05, 0.1) is 64.9 Å². The summed E-state index contributed by atoms with van der Waals surface area (Å²) in [5.41, 5.74) is 0. The highest BCUT2D eigenvalue weighted by Gasteiger charge is 2.27. The van der Waals surface area contributed by atoms with Gasteiger partial charge in [-0.2, -0.15) is 0 Å². The Kier molecular flexibility index (Phi) is 76.6. The number of carbonyl (C=O) groups excluding carboxylic acids is 6. The largest absolute Gasteiger partial charge is 0.472 e. The van der Waals surface area contributed by atoms with Crippen molar-refractivity contribution in [1.82, 2.24) is 21.3 Å². The molecule has 6 atom stereocenters. The molecule has 0 aliphatic rings. The van der Waals surface area contributed by atoms with Gasteiger partial charge in [0.15, 0.2) is 0 Å². The molecular formula is C85H166N4O18P2. The Balaban J connectivity index is 5.52. The van der Waals surface area contributed by atoms with Crippen LogP contribution in [0.1, 0.15) is 420 Å². The second kappa shape index (κ2) is 78.8. The van der Waals surface area contributed by atoms with Crippen LogP contribution in [0.4, 0.5) is 0 Å². The van der Waals surface area contributed by atoms with Crippen molar-refractivity contribution in [2.75, 3.05) is 65.9 Å². The Hall–Kier alpha value is -3.04. The van der Waals surface area contributed by atoms with E-state index in [0.29, 0.717) is 51.4 Å². The van der Waals surface area contributed by atoms with Crippen LogP contribution in [0.15, 0.2) is 0 Å². The fraction of sp³-hybridized carbons (Fsp3) is 0.929. The summed E-state index contributed by atoms with van der Waals surface area (Å²) in [7, 11) is -9.46. The zero-order chi connectivity index (χ0) is 80.0. The van der Waals surface area contributed by atoms with E-state index in [4.69, 9.17) is 37.0 Å². The van der Waals surface area contributed by atoms with Crippen molar-refractivity contribution in [2.45, 2.75) is 445 Å². The molecule has 0 bridgehead atoms. The molecule has 0 heterocycles. The summed E-state index contributed by atoms with van der Waals surface area (Å²) in [6.45, 7) is 11.3. The average Bonchev–Trinajstić information content (AvgIpc) is 0.927. The van der Waals surface area contributed by atoms with Gasteiger partial charge in [-0.1, -0.05) is 324 Å². The summed E-state index contributed by atoms with van der Waals surface area (Å²) in [5.74, 6) is -2.36. The van der Waals surface area contributed by atoms with Gasteiger partial charge in [-0.05, 0) is 51.4 Å². The molecular weight excluding hydrogens is 1430 g/mol. The maximum Gasteiger partial charge on any atom is 0.472 e. The van der Waals surface area contributed by atoms with Crippen LogP contribution in [0.2, 0.25) is 0 Å². The molecule has 0 fully saturated rings. The Morgan fingerprint density at radius 1 is 0.284 bits per heavy atom. The number of hydrogen-bond donors (Lipinski definition) is 6. The number of phosphoric ester groups is 2. The Labute approximate surface area is 664 Å². The quantitative estimate of drug-likeness (QED) is 0.0143. The van der Waals surface area contributed by atoms with Gasteiger partial charge in [0, 0.05) is 51.6 Å². The lowest BCUT2D eigenvalue weighted by Gasteiger charge is -2.22. The third-order valence-corrected chi connectivity index (χ3v) is 21.9. The maximum atomic E-state index is 13.3. The molecule has 0 saturated heterocycles. The van der Waals surface area contributed by atoms with Crippen LogP contribution in [0.5, 0.6) is 0 Å². The molecule has 0 aromatic carbocycles. The van der Waals surface area contributed by atoms with Crippen molar-refractivity contribution in [3.05, 3.63) is 0 Å². The lowest BCUT2D eigenvalue weighted by atomic mass is 10.1. The summed E-state index contributed by atoms with van der Waals surface area (Å²) >= 11 is 0. The molecule has 6 N–H and O–H groups in total. The van der Waals surface area contributed by atoms with Gasteiger partial charge in [0.1, 0.15) is 18.6 Å². The molecule has 0 aliphatic carbocycles. The molecule has 0 spiro atoms. The topological polar surface area (TPSA) is 299 Å². The van der Waals surface area contributed by atoms with Crippen molar-refractivity contribution >= 4 is 51.2 Å². The molecule has 0 aromatic heterocycles. The molecule has 0 aliphatic heterocycles. The van der Waals surface area contributed by atoms with E-state index in [1.807, 2.05) is 0 Å². The van der Waals surface area contributed by atoms with Crippen molar-refractivity contribution in [2.24, 2.45) is 0 Å². The number of ether oxygens (including phenoxy) is 4. The molecule has 0 radical (unpaired) electrons. The van der Waals surface area contributed by atoms with Crippen LogP contribution in [0.3, 0.4) is 0 Å². The number of hydrogen-bond acceptors (Lipinski definition) is 16. The highest BCUT2D eigenvalue weighted by Crippen LogP contribution is 2.44. The highest BCUT2D eigenvalue weighted by atomic mass is 31.2. The lowest BCUT2D eigenvalue weighted by molar-refractivity contribution is -0.151. The van der Waals surface area contributed by atoms with E-state index in [2.05, 4.69) is 62.8 Å². The number of carbonyl (C=O) groups is 6. The van der Waals surface area contributed by atoms with Gasteiger partial charge >= 0.3 is 27.6 Å². The van der Waals surface area contributed by atoms with Gasteiger partial charge in [-0.3, -0.25) is 46.9 Å². The Morgan fingerprint density at radius 3 is 0.807 bits per heavy atom. The Morgan fingerprint density at radius 2 is 0.532 bits per heavy atom. The number of phosphoric acid groups is 2. The molecule has 644 valence electrons.